The number of carbonyl (C=O) groups is 4. The summed E-state index contributed by atoms with van der Waals surface area (Å²) >= 11 is 0. The first-order chi connectivity index (χ1) is 63.2. The largest absolute Gasteiger partial charge is 0.461 e. The maximum atomic E-state index is 12.3. The first kappa shape index (κ1) is 89.6. The Hall–Kier alpha value is -14.4. The lowest BCUT2D eigenvalue weighted by molar-refractivity contribution is -0.139. The van der Waals surface area contributed by atoms with Crippen LogP contribution in [0.15, 0.2) is 275 Å². The van der Waals surface area contributed by atoms with E-state index in [1.165, 1.54) is 39.5 Å². The number of ether oxygens (including phenoxy) is 8. The highest BCUT2D eigenvalue weighted by Crippen LogP contribution is 2.61. The molecule has 8 heterocycles. The number of aliphatic hydroxyl groups is 1. The second-order valence-electron chi connectivity index (χ2n) is 36.9. The van der Waals surface area contributed by atoms with Crippen molar-refractivity contribution in [3.63, 3.8) is 0 Å². The Morgan fingerprint density at radius 2 is 0.644 bits per heavy atom. The highest BCUT2D eigenvalue weighted by atomic mass is 16.6. The first-order valence-electron chi connectivity index (χ1n) is 44.8. The van der Waals surface area contributed by atoms with Gasteiger partial charge in [0.05, 0.1) is 79.3 Å². The Morgan fingerprint density at radius 3 is 0.932 bits per heavy atom. The minimum atomic E-state index is -0.921. The molecule has 12 aromatic carbocycles. The van der Waals surface area contributed by atoms with Crippen LogP contribution in [0, 0.1) is 27.7 Å². The number of β-amino-alcohol motifs (C(OH)–C–C–N with tert-alkyl or cyclic N) is 1. The van der Waals surface area contributed by atoms with Crippen molar-refractivity contribution in [1.82, 2.24) is 5.32 Å². The van der Waals surface area contributed by atoms with Crippen molar-refractivity contribution >= 4 is 137 Å². The van der Waals surface area contributed by atoms with Crippen LogP contribution in [-0.4, -0.2) is 143 Å². The number of aliphatic hydroxyl groups excluding tert-OH is 1. The maximum Gasteiger partial charge on any atom is 0.407 e. The monoisotopic (exact) mass is 1770 g/mol. The van der Waals surface area contributed by atoms with Crippen LogP contribution >= 0.6 is 0 Å². The second kappa shape index (κ2) is 34.8. The fraction of sp³-hybridized carbons (Fsp3) is 0.291. The second-order valence-corrected chi connectivity index (χ2v) is 36.9. The summed E-state index contributed by atoms with van der Waals surface area (Å²) in [7, 11) is 0. The van der Waals surface area contributed by atoms with E-state index in [-0.39, 0.29) is 51.0 Å². The van der Waals surface area contributed by atoms with E-state index in [1.807, 2.05) is 104 Å². The Balaban J connectivity index is 0.000000124. The van der Waals surface area contributed by atoms with E-state index in [0.717, 1.165) is 117 Å². The van der Waals surface area contributed by atoms with E-state index in [9.17, 15) is 24.3 Å². The lowest BCUT2D eigenvalue weighted by atomic mass is 9.77. The molecule has 0 aliphatic carbocycles. The number of esters is 3. The molecule has 674 valence electrons. The summed E-state index contributed by atoms with van der Waals surface area (Å²) in [5.74, 6) is 1.67. The molecule has 132 heavy (non-hydrogen) atoms. The fourth-order valence-corrected chi connectivity index (χ4v) is 19.8. The number of carbonyl (C=O) groups excluding carboxylic acids is 4. The third-order valence-corrected chi connectivity index (χ3v) is 27.1. The molecule has 8 aliphatic heterocycles. The highest BCUT2D eigenvalue weighted by Gasteiger charge is 2.64. The molecule has 4 atom stereocenters. The molecule has 12 aromatic rings. The van der Waals surface area contributed by atoms with Crippen LogP contribution in [0.4, 0.5) is 50.3 Å². The van der Waals surface area contributed by atoms with Gasteiger partial charge in [-0.2, -0.15) is 0 Å². The third-order valence-electron chi connectivity index (χ3n) is 27.1. The highest BCUT2D eigenvalue weighted by molar-refractivity contribution is 6.05. The summed E-state index contributed by atoms with van der Waals surface area (Å²) in [4.78, 5) is 75.8. The zero-order valence-corrected chi connectivity index (χ0v) is 77.3. The van der Waals surface area contributed by atoms with Crippen LogP contribution in [-0.2, 0) is 55.0 Å². The number of aliphatic imine (C=N–C) groups is 4. The zero-order valence-electron chi connectivity index (χ0n) is 77.3. The van der Waals surface area contributed by atoms with Gasteiger partial charge in [-0.15, -0.1) is 0 Å². The molecular formula is C110H111N9O13. The van der Waals surface area contributed by atoms with Crippen LogP contribution in [0.2, 0.25) is 0 Å². The Morgan fingerprint density at radius 1 is 0.371 bits per heavy atom. The van der Waals surface area contributed by atoms with Crippen molar-refractivity contribution in [1.29, 1.82) is 0 Å². The summed E-state index contributed by atoms with van der Waals surface area (Å²) in [5, 5.41) is 21.1. The Bertz CT molecular complexity index is 6830. The number of hydrogen-bond acceptors (Lipinski definition) is 21. The third kappa shape index (κ3) is 15.2. The van der Waals surface area contributed by atoms with Crippen molar-refractivity contribution in [3.8, 4) is 23.0 Å². The minimum absolute atomic E-state index is 0.0370. The van der Waals surface area contributed by atoms with Gasteiger partial charge in [0.25, 0.3) is 0 Å². The Labute approximate surface area is 770 Å². The fourth-order valence-electron chi connectivity index (χ4n) is 19.8. The van der Waals surface area contributed by atoms with Gasteiger partial charge < -0.3 is 67.9 Å². The first-order valence-corrected chi connectivity index (χ1v) is 44.8. The molecule has 0 bridgehead atoms. The predicted octanol–water partition coefficient (Wildman–Crippen LogP) is 21.6. The Kier molecular flexibility index (Phi) is 23.6. The lowest BCUT2D eigenvalue weighted by Gasteiger charge is -2.46. The van der Waals surface area contributed by atoms with Crippen LogP contribution in [0.25, 0.3) is 43.1 Å². The van der Waals surface area contributed by atoms with Gasteiger partial charge in [0.1, 0.15) is 72.2 Å². The van der Waals surface area contributed by atoms with Gasteiger partial charge >= 0.3 is 24.0 Å². The molecule has 4 unspecified atom stereocenters. The van der Waals surface area contributed by atoms with Crippen LogP contribution < -0.4 is 43.9 Å². The van der Waals surface area contributed by atoms with E-state index < -0.39 is 57.2 Å². The number of nitrogens with one attached hydrogen (secondary N) is 1. The quantitative estimate of drug-likeness (QED) is 0.0373. The number of alkyl carbamates (subject to hydrolysis) is 1. The van der Waals surface area contributed by atoms with E-state index in [4.69, 9.17) is 57.9 Å². The van der Waals surface area contributed by atoms with Crippen molar-refractivity contribution in [2.24, 2.45) is 20.0 Å². The van der Waals surface area contributed by atoms with Crippen molar-refractivity contribution in [2.45, 2.75) is 141 Å². The van der Waals surface area contributed by atoms with E-state index >= 15 is 0 Å². The number of hydrogen-bond donors (Lipinski definition) is 2. The molecule has 22 nitrogen and oxygen atoms in total. The average Bonchev–Trinajstić information content (AvgIpc) is 1.54. The van der Waals surface area contributed by atoms with Crippen molar-refractivity contribution < 1.29 is 62.2 Å². The van der Waals surface area contributed by atoms with Crippen molar-refractivity contribution in [2.75, 3.05) is 85.4 Å². The normalized spacial score (nSPS) is 19.8. The maximum absolute atomic E-state index is 12.3. The number of benzene rings is 12. The van der Waals surface area contributed by atoms with E-state index in [0.29, 0.717) is 43.1 Å². The van der Waals surface area contributed by atoms with E-state index in [2.05, 4.69) is 267 Å². The number of rotatable bonds is 17. The molecule has 0 saturated carbocycles. The molecule has 4 spiro atoms. The average molecular weight is 1770 g/mol. The molecule has 1 amide bonds. The summed E-state index contributed by atoms with van der Waals surface area (Å²) in [5.41, 5.74) is 12.8. The number of aryl methyl sites for hydroxylation is 4. The van der Waals surface area contributed by atoms with Crippen LogP contribution in [0.1, 0.15) is 114 Å². The van der Waals surface area contributed by atoms with Crippen LogP contribution in [0.5, 0.6) is 23.0 Å². The van der Waals surface area contributed by atoms with E-state index in [1.54, 1.807) is 13.8 Å². The summed E-state index contributed by atoms with van der Waals surface area (Å²) in [6, 6.07) is 74.6. The number of nitrogens with zero attached hydrogens (tertiary/aromatic N) is 8. The van der Waals surface area contributed by atoms with Gasteiger partial charge in [-0.05, 0) is 189 Å². The molecule has 0 aromatic heterocycles. The van der Waals surface area contributed by atoms with Crippen LogP contribution in [0.3, 0.4) is 0 Å². The zero-order chi connectivity index (χ0) is 93.2. The topological polar surface area (TPSA) is 237 Å². The van der Waals surface area contributed by atoms with Gasteiger partial charge in [0, 0.05) is 68.1 Å². The molecule has 2 N–H and O–H groups in total. The number of anilines is 4. The van der Waals surface area contributed by atoms with Gasteiger partial charge in [-0.3, -0.25) is 20.0 Å². The summed E-state index contributed by atoms with van der Waals surface area (Å²) in [6.45, 7) is 42.3. The molecule has 20 rings (SSSR count). The summed E-state index contributed by atoms with van der Waals surface area (Å²) < 4.78 is 48.6. The standard InChI is InChI=1S/C31H33N3O5.C28H28N2O3.C27H26N2O3.C24H24N2O2/c1-20(2)28(35)37-16-14-32-29(36)38-17-15-34-25-12-10-21(3)18-24(25)30(4,5)31(34)19-33-27-23-9-7-6-8-22(23)11-13-26(27)39-31;1-18(2)26(31)32-15-14-30-23-12-10-19(3)16-22(23)27(4,5)28(30)17-29-25-21-9-7-6-8-20(21)11-13-24(25)33-28;1-5-24(30)31-15-14-29-22-12-10-18(2)16-21(22)26(3,4)27(29)17-28-25-20-9-7-6-8-19(20)11-13-23(25)32-27;1-16-8-10-20-19(14-16)23(2,3)24(26(20)12-13-27)15-25-22-18-7-5-4-6-17(18)9-11-21(22)28-24/h6-13,18-19H,1,14-17H2,2-5H3,(H,32,36);6-13,16-17H,1,14-15H2,2-5H3;5-13,16-17H,1,14-15H2,2-4H3;4-11,14-15,27H,12-13H2,1-3H3. The molecule has 22 heteroatoms. The van der Waals surface area contributed by atoms with Gasteiger partial charge in [0.2, 0.25) is 22.9 Å². The molecular weight excluding hydrogens is 1660 g/mol. The minimum Gasteiger partial charge on any atom is -0.461 e. The van der Waals surface area contributed by atoms with Crippen molar-refractivity contribution in [3.05, 3.63) is 300 Å². The van der Waals surface area contributed by atoms with Gasteiger partial charge in [-0.1, -0.05) is 212 Å². The van der Waals surface area contributed by atoms with Gasteiger partial charge in [0.15, 0.2) is 0 Å². The molecule has 8 aliphatic rings. The number of amides is 1. The molecule has 0 saturated heterocycles. The number of fused-ring (bicyclic) bond motifs is 16. The predicted molar refractivity (Wildman–Crippen MR) is 527 cm³/mol. The summed E-state index contributed by atoms with van der Waals surface area (Å²) in [6.07, 6.45) is 8.28. The smallest absolute Gasteiger partial charge is 0.407 e. The van der Waals surface area contributed by atoms with Gasteiger partial charge in [-0.25, -0.2) is 19.2 Å². The lowest BCUT2D eigenvalue weighted by Crippen LogP contribution is -2.62. The molecule has 0 radical (unpaired) electrons. The molecule has 0 fully saturated rings. The SMILES string of the molecule is C=C(C)C(=O)OCCN1c2ccc(C)cc2C(C)(C)C12C=Nc1c(ccc3ccccc13)O2.C=C(C)C(=O)OCCNC(=O)OCCN1c2ccc(C)cc2C(C)(C)C12C=Nc1c(ccc3ccccc13)O2.C=CC(=O)OCCN1c2ccc(C)cc2C(C)(C)C12C=Nc1c(ccc3ccccc13)O2.Cc1ccc2c(c1)C(C)(C)C1(C=Nc3c(ccc4ccccc34)O1)N2CCO.